The molecule has 0 aliphatic heterocycles. The van der Waals surface area contributed by atoms with Gasteiger partial charge in [0.1, 0.15) is 0 Å². The minimum absolute atomic E-state index is 0.413. The van der Waals surface area contributed by atoms with E-state index in [0.717, 1.165) is 12.5 Å². The van der Waals surface area contributed by atoms with Gasteiger partial charge in [0.2, 0.25) is 0 Å². The Balaban J connectivity index is 1.87. The summed E-state index contributed by atoms with van der Waals surface area (Å²) in [4.78, 5) is 0. The minimum Gasteiger partial charge on any atom is -0.310 e. The van der Waals surface area contributed by atoms with E-state index < -0.39 is 0 Å². The smallest absolute Gasteiger partial charge is 0.0303 e. The van der Waals surface area contributed by atoms with Gasteiger partial charge >= 0.3 is 0 Å². The minimum atomic E-state index is 0.413. The summed E-state index contributed by atoms with van der Waals surface area (Å²) in [5, 5.41) is 3.65. The van der Waals surface area contributed by atoms with Crippen molar-refractivity contribution in [3.05, 3.63) is 46.5 Å². The first kappa shape index (κ1) is 12.8. The molecule has 1 aliphatic rings. The van der Waals surface area contributed by atoms with E-state index in [4.69, 9.17) is 0 Å². The Morgan fingerprint density at radius 3 is 2.88 bits per heavy atom. The molecule has 1 aromatic carbocycles. The number of halogens is 1. The maximum atomic E-state index is 3.65. The van der Waals surface area contributed by atoms with Crippen molar-refractivity contribution in [2.45, 2.75) is 32.2 Å². The third-order valence-electron chi connectivity index (χ3n) is 3.46. The van der Waals surface area contributed by atoms with Crippen molar-refractivity contribution in [2.24, 2.45) is 5.92 Å². The molecule has 0 saturated carbocycles. The zero-order chi connectivity index (χ0) is 12.1. The molecule has 0 aromatic heterocycles. The van der Waals surface area contributed by atoms with Crippen LogP contribution in [0.1, 0.15) is 37.8 Å². The van der Waals surface area contributed by atoms with Gasteiger partial charge in [0.05, 0.1) is 0 Å². The molecule has 1 N–H and O–H groups in total. The molecule has 0 saturated heterocycles. The second-order valence-electron chi connectivity index (χ2n) is 4.80. The highest BCUT2D eigenvalue weighted by molar-refractivity contribution is 9.10. The molecule has 2 atom stereocenters. The van der Waals surface area contributed by atoms with Gasteiger partial charge in [-0.3, -0.25) is 0 Å². The molecule has 0 heterocycles. The van der Waals surface area contributed by atoms with Crippen molar-refractivity contribution < 1.29 is 0 Å². The highest BCUT2D eigenvalue weighted by atomic mass is 79.9. The molecule has 1 aliphatic carbocycles. The van der Waals surface area contributed by atoms with E-state index in [1.807, 2.05) is 0 Å². The van der Waals surface area contributed by atoms with Gasteiger partial charge in [-0.25, -0.2) is 0 Å². The molecule has 0 amide bonds. The lowest BCUT2D eigenvalue weighted by atomic mass is 9.94. The Morgan fingerprint density at radius 2 is 2.18 bits per heavy atom. The Hall–Kier alpha value is -0.600. The average Bonchev–Trinajstić information content (AvgIpc) is 2.38. The zero-order valence-corrected chi connectivity index (χ0v) is 11.9. The third-order valence-corrected chi connectivity index (χ3v) is 4.18. The summed E-state index contributed by atoms with van der Waals surface area (Å²) in [5.41, 5.74) is 1.35. The number of rotatable bonds is 4. The van der Waals surface area contributed by atoms with Gasteiger partial charge in [-0.2, -0.15) is 0 Å². The summed E-state index contributed by atoms with van der Waals surface area (Å²) in [7, 11) is 0. The zero-order valence-electron chi connectivity index (χ0n) is 10.3. The summed E-state index contributed by atoms with van der Waals surface area (Å²) in [6.45, 7) is 3.35. The van der Waals surface area contributed by atoms with Crippen LogP contribution in [-0.2, 0) is 0 Å². The summed E-state index contributed by atoms with van der Waals surface area (Å²) in [6, 6.07) is 8.87. The normalized spacial score (nSPS) is 21.4. The number of hydrogen-bond donors (Lipinski definition) is 1. The van der Waals surface area contributed by atoms with E-state index >= 15 is 0 Å². The van der Waals surface area contributed by atoms with Gasteiger partial charge in [0, 0.05) is 10.5 Å². The molecular formula is C15H20BrN. The summed E-state index contributed by atoms with van der Waals surface area (Å²) >= 11 is 3.61. The van der Waals surface area contributed by atoms with Gasteiger partial charge < -0.3 is 5.32 Å². The van der Waals surface area contributed by atoms with E-state index in [1.54, 1.807) is 0 Å². The predicted molar refractivity (Wildman–Crippen MR) is 77.0 cm³/mol. The second kappa shape index (κ2) is 6.36. The molecule has 1 aromatic rings. The quantitative estimate of drug-likeness (QED) is 0.809. The maximum Gasteiger partial charge on any atom is 0.0303 e. The molecule has 2 rings (SSSR count). The first-order chi connectivity index (χ1) is 8.27. The largest absolute Gasteiger partial charge is 0.310 e. The van der Waals surface area contributed by atoms with Gasteiger partial charge in [-0.05, 0) is 50.3 Å². The van der Waals surface area contributed by atoms with Crippen LogP contribution in [0.5, 0.6) is 0 Å². The first-order valence-corrected chi connectivity index (χ1v) is 7.19. The van der Waals surface area contributed by atoms with Crippen LogP contribution in [0.4, 0.5) is 0 Å². The molecule has 92 valence electrons. The van der Waals surface area contributed by atoms with E-state index in [0.29, 0.717) is 6.04 Å². The molecule has 1 unspecified atom stereocenters. The van der Waals surface area contributed by atoms with Crippen molar-refractivity contribution in [1.29, 1.82) is 0 Å². The molecule has 0 radical (unpaired) electrons. The third kappa shape index (κ3) is 3.68. The molecule has 1 nitrogen and oxygen atoms in total. The van der Waals surface area contributed by atoms with Gasteiger partial charge in [-0.1, -0.05) is 46.3 Å². The number of nitrogens with one attached hydrogen (secondary N) is 1. The molecule has 17 heavy (non-hydrogen) atoms. The topological polar surface area (TPSA) is 12.0 Å². The molecular weight excluding hydrogens is 274 g/mol. The van der Waals surface area contributed by atoms with Crippen LogP contribution in [0.2, 0.25) is 0 Å². The van der Waals surface area contributed by atoms with Crippen molar-refractivity contribution in [2.75, 3.05) is 6.54 Å². The van der Waals surface area contributed by atoms with Crippen molar-refractivity contribution in [3.8, 4) is 0 Å². The lowest BCUT2D eigenvalue weighted by Crippen LogP contribution is -2.26. The molecule has 0 spiro atoms. The van der Waals surface area contributed by atoms with Crippen molar-refractivity contribution >= 4 is 15.9 Å². The van der Waals surface area contributed by atoms with Crippen LogP contribution in [-0.4, -0.2) is 6.54 Å². The van der Waals surface area contributed by atoms with Gasteiger partial charge in [0.25, 0.3) is 0 Å². The molecule has 0 fully saturated rings. The Morgan fingerprint density at radius 1 is 1.35 bits per heavy atom. The van der Waals surface area contributed by atoms with Crippen LogP contribution in [0.25, 0.3) is 0 Å². The Labute approximate surface area is 112 Å². The Bertz CT molecular complexity index is 386. The van der Waals surface area contributed by atoms with E-state index in [9.17, 15) is 0 Å². The fraction of sp³-hybridized carbons (Fsp3) is 0.467. The van der Waals surface area contributed by atoms with Gasteiger partial charge in [-0.15, -0.1) is 0 Å². The Kier molecular flexibility index (Phi) is 4.81. The molecule has 2 heteroatoms. The standard InChI is InChI=1S/C15H20BrN/c1-12(14-9-5-6-10-15(14)16)17-11-13-7-3-2-4-8-13/h2-3,5-6,9-10,12-13,17H,4,7-8,11H2,1H3/t12-,13?/m0/s1. The first-order valence-electron chi connectivity index (χ1n) is 6.40. The monoisotopic (exact) mass is 293 g/mol. The van der Waals surface area contributed by atoms with Crippen LogP contribution in [0, 0.1) is 5.92 Å². The van der Waals surface area contributed by atoms with Crippen LogP contribution in [0.3, 0.4) is 0 Å². The fourth-order valence-electron chi connectivity index (χ4n) is 2.32. The van der Waals surface area contributed by atoms with Crippen LogP contribution >= 0.6 is 15.9 Å². The van der Waals surface area contributed by atoms with E-state index in [1.165, 1.54) is 29.3 Å². The van der Waals surface area contributed by atoms with Gasteiger partial charge in [0.15, 0.2) is 0 Å². The van der Waals surface area contributed by atoms with Crippen molar-refractivity contribution in [1.82, 2.24) is 5.32 Å². The molecule has 0 bridgehead atoms. The summed E-state index contributed by atoms with van der Waals surface area (Å²) in [6.07, 6.45) is 8.42. The average molecular weight is 294 g/mol. The maximum absolute atomic E-state index is 3.65. The summed E-state index contributed by atoms with van der Waals surface area (Å²) in [5.74, 6) is 0.810. The second-order valence-corrected chi connectivity index (χ2v) is 5.66. The number of benzene rings is 1. The SMILES string of the molecule is C[C@H](NCC1CC=CCC1)c1ccccc1Br. The van der Waals surface area contributed by atoms with E-state index in [2.05, 4.69) is 64.6 Å². The highest BCUT2D eigenvalue weighted by Gasteiger charge is 2.13. The van der Waals surface area contributed by atoms with E-state index in [-0.39, 0.29) is 0 Å². The predicted octanol–water partition coefficient (Wildman–Crippen LogP) is 4.46. The highest BCUT2D eigenvalue weighted by Crippen LogP contribution is 2.24. The van der Waals surface area contributed by atoms with Crippen LogP contribution in [0.15, 0.2) is 40.9 Å². The summed E-state index contributed by atoms with van der Waals surface area (Å²) < 4.78 is 1.20. The lowest BCUT2D eigenvalue weighted by Gasteiger charge is -2.22. The fourth-order valence-corrected chi connectivity index (χ4v) is 2.95. The number of hydrogen-bond acceptors (Lipinski definition) is 1. The lowest BCUT2D eigenvalue weighted by molar-refractivity contribution is 0.415. The van der Waals surface area contributed by atoms with Crippen molar-refractivity contribution in [3.63, 3.8) is 0 Å². The van der Waals surface area contributed by atoms with Crippen LogP contribution < -0.4 is 5.32 Å². The number of allylic oxidation sites excluding steroid dienone is 2.